The smallest absolute Gasteiger partial charge is 0.299 e. The van der Waals surface area contributed by atoms with Crippen LogP contribution in [0.5, 0.6) is 5.75 Å². The van der Waals surface area contributed by atoms with Crippen LogP contribution in [0.4, 0.5) is 10.1 Å². The van der Waals surface area contributed by atoms with Crippen molar-refractivity contribution in [3.05, 3.63) is 58.9 Å². The summed E-state index contributed by atoms with van der Waals surface area (Å²) in [7, 11) is -3.62. The van der Waals surface area contributed by atoms with Gasteiger partial charge in [-0.25, -0.2) is 4.39 Å². The van der Waals surface area contributed by atoms with Crippen molar-refractivity contribution in [3.63, 3.8) is 0 Å². The fraction of sp³-hybridized carbons (Fsp3) is 0.200. The molecule has 0 amide bonds. The summed E-state index contributed by atoms with van der Waals surface area (Å²) < 4.78 is 46.5. The summed E-state index contributed by atoms with van der Waals surface area (Å²) >= 11 is 6.08. The number of halogens is 2. The van der Waals surface area contributed by atoms with Gasteiger partial charge < -0.3 is 4.74 Å². The summed E-state index contributed by atoms with van der Waals surface area (Å²) in [5.41, 5.74) is 0.979. The van der Waals surface area contributed by atoms with Gasteiger partial charge in [0.05, 0.1) is 10.7 Å². The molecule has 0 aliphatic carbocycles. The monoisotopic (exact) mass is 358 g/mol. The highest BCUT2D eigenvalue weighted by Gasteiger charge is 2.10. The first kappa shape index (κ1) is 17.5. The van der Waals surface area contributed by atoms with Crippen LogP contribution in [0.3, 0.4) is 0 Å². The van der Waals surface area contributed by atoms with Crippen LogP contribution in [0.15, 0.2) is 42.5 Å². The summed E-state index contributed by atoms with van der Waals surface area (Å²) in [5.74, 6) is 0.0349. The second-order valence-electron chi connectivity index (χ2n) is 4.67. The second kappa shape index (κ2) is 7.63. The van der Waals surface area contributed by atoms with Crippen molar-refractivity contribution in [2.24, 2.45) is 0 Å². The molecule has 5 nitrogen and oxygen atoms in total. The van der Waals surface area contributed by atoms with E-state index < -0.39 is 10.2 Å². The zero-order valence-electron chi connectivity index (χ0n) is 12.3. The molecule has 2 rings (SSSR count). The average molecular weight is 359 g/mol. The Bertz CT molecular complexity index is 784. The zero-order valence-corrected chi connectivity index (χ0v) is 13.9. The minimum Gasteiger partial charge on any atom is -0.487 e. The van der Waals surface area contributed by atoms with E-state index in [1.165, 1.54) is 24.3 Å². The van der Waals surface area contributed by atoms with E-state index in [1.807, 2.05) is 0 Å². The lowest BCUT2D eigenvalue weighted by atomic mass is 10.2. The van der Waals surface area contributed by atoms with Crippen molar-refractivity contribution < 1.29 is 17.5 Å². The first-order valence-corrected chi connectivity index (χ1v) is 8.70. The highest BCUT2D eigenvalue weighted by atomic mass is 35.5. The summed E-state index contributed by atoms with van der Waals surface area (Å²) in [6.45, 7) is 2.10. The summed E-state index contributed by atoms with van der Waals surface area (Å²) in [6, 6.07) is 10.6. The molecule has 23 heavy (non-hydrogen) atoms. The second-order valence-corrected chi connectivity index (χ2v) is 6.57. The fourth-order valence-corrected chi connectivity index (χ4v) is 2.98. The van der Waals surface area contributed by atoms with Gasteiger partial charge in [-0.1, -0.05) is 30.7 Å². The SMILES string of the molecule is CCNS(=O)(=O)Nc1ccc(OCc2cccc(F)c2)c(Cl)c1. The first-order valence-electron chi connectivity index (χ1n) is 6.84. The predicted octanol–water partition coefficient (Wildman–Crippen LogP) is 3.32. The minimum atomic E-state index is -3.62. The van der Waals surface area contributed by atoms with Crippen LogP contribution in [0.2, 0.25) is 5.02 Å². The standard InChI is InChI=1S/C15H16ClFN2O3S/c1-2-18-23(20,21)19-13-6-7-15(14(16)9-13)22-10-11-4-3-5-12(17)8-11/h3-9,18-19H,2,10H2,1H3. The molecule has 0 bridgehead atoms. The third kappa shape index (κ3) is 5.38. The molecule has 0 heterocycles. The molecule has 0 saturated heterocycles. The molecule has 124 valence electrons. The number of ether oxygens (including phenoxy) is 1. The molecule has 8 heteroatoms. The number of rotatable bonds is 7. The average Bonchev–Trinajstić information content (AvgIpc) is 2.46. The Labute approximate surface area is 139 Å². The van der Waals surface area contributed by atoms with Crippen LogP contribution in [-0.2, 0) is 16.8 Å². The maximum absolute atomic E-state index is 13.1. The van der Waals surface area contributed by atoms with Crippen molar-refractivity contribution in [1.82, 2.24) is 4.72 Å². The maximum Gasteiger partial charge on any atom is 0.299 e. The number of hydrogen-bond acceptors (Lipinski definition) is 3. The van der Waals surface area contributed by atoms with Gasteiger partial charge in [-0.05, 0) is 35.9 Å². The largest absolute Gasteiger partial charge is 0.487 e. The topological polar surface area (TPSA) is 67.4 Å². The first-order chi connectivity index (χ1) is 10.9. The van der Waals surface area contributed by atoms with E-state index in [1.54, 1.807) is 25.1 Å². The Hall–Kier alpha value is -1.83. The Balaban J connectivity index is 2.05. The predicted molar refractivity (Wildman–Crippen MR) is 88.4 cm³/mol. The van der Waals surface area contributed by atoms with Gasteiger partial charge in [0.1, 0.15) is 18.2 Å². The van der Waals surface area contributed by atoms with Crippen LogP contribution >= 0.6 is 11.6 Å². The Morgan fingerprint density at radius 3 is 2.65 bits per heavy atom. The molecule has 0 unspecified atom stereocenters. The molecule has 2 N–H and O–H groups in total. The lowest BCUT2D eigenvalue weighted by molar-refractivity contribution is 0.306. The third-order valence-corrected chi connectivity index (χ3v) is 4.27. The van der Waals surface area contributed by atoms with Crippen molar-refractivity contribution in [2.75, 3.05) is 11.3 Å². The molecule has 0 saturated carbocycles. The van der Waals surface area contributed by atoms with E-state index in [9.17, 15) is 12.8 Å². The van der Waals surface area contributed by atoms with Crippen LogP contribution in [0, 0.1) is 5.82 Å². The minimum absolute atomic E-state index is 0.153. The maximum atomic E-state index is 13.1. The molecule has 0 radical (unpaired) electrons. The van der Waals surface area contributed by atoms with Crippen LogP contribution in [0.25, 0.3) is 0 Å². The normalized spacial score (nSPS) is 11.3. The van der Waals surface area contributed by atoms with E-state index in [0.717, 1.165) is 0 Å². The highest BCUT2D eigenvalue weighted by Crippen LogP contribution is 2.28. The van der Waals surface area contributed by atoms with Gasteiger partial charge in [-0.15, -0.1) is 0 Å². The molecule has 0 aliphatic rings. The van der Waals surface area contributed by atoms with Gasteiger partial charge in [0.15, 0.2) is 0 Å². The molecule has 2 aromatic carbocycles. The van der Waals surface area contributed by atoms with E-state index in [4.69, 9.17) is 16.3 Å². The Morgan fingerprint density at radius 1 is 1.22 bits per heavy atom. The fourth-order valence-electron chi connectivity index (χ4n) is 1.85. The Morgan fingerprint density at radius 2 is 2.00 bits per heavy atom. The Kier molecular flexibility index (Phi) is 5.81. The van der Waals surface area contributed by atoms with Gasteiger partial charge in [0, 0.05) is 6.54 Å². The van der Waals surface area contributed by atoms with E-state index in [0.29, 0.717) is 17.0 Å². The third-order valence-electron chi connectivity index (χ3n) is 2.80. The van der Waals surface area contributed by atoms with E-state index >= 15 is 0 Å². The summed E-state index contributed by atoms with van der Waals surface area (Å²) in [4.78, 5) is 0. The van der Waals surface area contributed by atoms with Gasteiger partial charge in [0.25, 0.3) is 10.2 Å². The number of nitrogens with one attached hydrogen (secondary N) is 2. The molecule has 0 aromatic heterocycles. The van der Waals surface area contributed by atoms with Crippen molar-refractivity contribution in [3.8, 4) is 5.75 Å². The molecule has 0 atom stereocenters. The molecule has 0 aliphatic heterocycles. The van der Waals surface area contributed by atoms with Crippen LogP contribution in [0.1, 0.15) is 12.5 Å². The lowest BCUT2D eigenvalue weighted by Crippen LogP contribution is -2.29. The van der Waals surface area contributed by atoms with E-state index in [-0.39, 0.29) is 24.0 Å². The lowest BCUT2D eigenvalue weighted by Gasteiger charge is -2.11. The quantitative estimate of drug-likeness (QED) is 0.797. The van der Waals surface area contributed by atoms with Crippen molar-refractivity contribution in [2.45, 2.75) is 13.5 Å². The van der Waals surface area contributed by atoms with Crippen LogP contribution < -0.4 is 14.2 Å². The molecule has 0 spiro atoms. The van der Waals surface area contributed by atoms with Gasteiger partial charge in [-0.2, -0.15) is 13.1 Å². The molecular formula is C15H16ClFN2O3S. The summed E-state index contributed by atoms with van der Waals surface area (Å²) in [5, 5.41) is 0.248. The van der Waals surface area contributed by atoms with Crippen LogP contribution in [-0.4, -0.2) is 15.0 Å². The molecule has 0 fully saturated rings. The number of anilines is 1. The number of benzene rings is 2. The van der Waals surface area contributed by atoms with Gasteiger partial charge in [-0.3, -0.25) is 4.72 Å². The summed E-state index contributed by atoms with van der Waals surface area (Å²) in [6.07, 6.45) is 0. The highest BCUT2D eigenvalue weighted by molar-refractivity contribution is 7.90. The van der Waals surface area contributed by atoms with Gasteiger partial charge in [0.2, 0.25) is 0 Å². The van der Waals surface area contributed by atoms with Gasteiger partial charge >= 0.3 is 0 Å². The van der Waals surface area contributed by atoms with Crippen molar-refractivity contribution >= 4 is 27.5 Å². The van der Waals surface area contributed by atoms with Crippen molar-refractivity contribution in [1.29, 1.82) is 0 Å². The molecule has 2 aromatic rings. The molecular weight excluding hydrogens is 343 g/mol. The zero-order chi connectivity index (χ0) is 16.9. The number of hydrogen-bond donors (Lipinski definition) is 2. The van der Waals surface area contributed by atoms with E-state index in [2.05, 4.69) is 9.44 Å².